The fourth-order valence-electron chi connectivity index (χ4n) is 14.6. The molecule has 544 valence electrons. The second-order valence-electron chi connectivity index (χ2n) is 29.1. The van der Waals surface area contributed by atoms with Gasteiger partial charge in [-0.05, 0) is 166 Å². The quantitative estimate of drug-likeness (QED) is 0.118. The Balaban J connectivity index is 0.0000166. The van der Waals surface area contributed by atoms with E-state index in [2.05, 4.69) is 0 Å². The fourth-order valence-corrected chi connectivity index (χ4v) is 14.6. The predicted octanol–water partition coefficient (Wildman–Crippen LogP) is 3.40. The zero-order valence-corrected chi connectivity index (χ0v) is 54.8. The Kier molecular flexibility index (Phi) is 21.4. The van der Waals surface area contributed by atoms with Gasteiger partial charge < -0.3 is 124 Å². The van der Waals surface area contributed by atoms with Crippen molar-refractivity contribution >= 4 is 29.8 Å². The third-order valence-corrected chi connectivity index (χ3v) is 24.6. The highest BCUT2D eigenvalue weighted by Crippen LogP contribution is 2.69. The lowest BCUT2D eigenvalue weighted by atomic mass is 9.55. The van der Waals surface area contributed by atoms with Gasteiger partial charge in [0.25, 0.3) is 0 Å². The molecular formula is C62H116O30. The number of ether oxygens (including phenoxy) is 10. The molecule has 0 spiro atoms. The summed E-state index contributed by atoms with van der Waals surface area (Å²) in [5, 5.41) is 183. The molecule has 0 radical (unpaired) electrons. The van der Waals surface area contributed by atoms with Crippen molar-refractivity contribution in [1.29, 1.82) is 0 Å². The lowest BCUT2D eigenvalue weighted by molar-refractivity contribution is -0.554. The summed E-state index contributed by atoms with van der Waals surface area (Å²) in [7, 11) is 1.00. The maximum atomic E-state index is 14.5. The van der Waals surface area contributed by atoms with Gasteiger partial charge in [0.15, 0.2) is 45.6 Å². The van der Waals surface area contributed by atoms with Crippen molar-refractivity contribution in [2.24, 2.45) is 5.41 Å². The maximum absolute atomic E-state index is 14.5. The third kappa shape index (κ3) is 9.12. The smallest absolute Gasteiger partial charge is 0.344 e. The zero-order valence-electron chi connectivity index (χ0n) is 54.8. The molecule has 0 aromatic carbocycles. The van der Waals surface area contributed by atoms with E-state index in [1.807, 2.05) is 0 Å². The van der Waals surface area contributed by atoms with E-state index in [9.17, 15) is 101 Å². The summed E-state index contributed by atoms with van der Waals surface area (Å²) in [5.74, 6) is -26.4. The first-order valence-electron chi connectivity index (χ1n) is 27.9. The Morgan fingerprint density at radius 3 is 0.761 bits per heavy atom. The van der Waals surface area contributed by atoms with Gasteiger partial charge in [-0.2, -0.15) is 0 Å². The van der Waals surface area contributed by atoms with Crippen LogP contribution in [-0.4, -0.2) is 249 Å². The molecule has 30 nitrogen and oxygen atoms in total. The van der Waals surface area contributed by atoms with Gasteiger partial charge in [0.2, 0.25) is 11.4 Å². The van der Waals surface area contributed by atoms with E-state index in [4.69, 9.17) is 47.4 Å². The van der Waals surface area contributed by atoms with Crippen molar-refractivity contribution in [1.82, 2.24) is 0 Å². The van der Waals surface area contributed by atoms with E-state index in [1.54, 1.807) is 0 Å². The molecule has 5 saturated heterocycles. The van der Waals surface area contributed by atoms with Crippen LogP contribution >= 0.6 is 0 Å². The summed E-state index contributed by atoms with van der Waals surface area (Å²) in [6.07, 6.45) is 0. The van der Waals surface area contributed by atoms with Crippen LogP contribution < -0.4 is 0 Å². The van der Waals surface area contributed by atoms with Crippen LogP contribution in [0.4, 0.5) is 0 Å². The summed E-state index contributed by atoms with van der Waals surface area (Å²) < 4.78 is 62.2. The minimum atomic E-state index is -3.91. The molecule has 5 fully saturated rings. The molecule has 9 unspecified atom stereocenters. The van der Waals surface area contributed by atoms with Crippen molar-refractivity contribution in [3.05, 3.63) is 0 Å². The maximum Gasteiger partial charge on any atom is 0.344 e. The number of carboxylic acids is 5. The van der Waals surface area contributed by atoms with E-state index < -0.39 is 171 Å². The molecule has 5 rings (SSSR count). The van der Waals surface area contributed by atoms with Crippen molar-refractivity contribution in [3.63, 3.8) is 0 Å². The number of hydrogen-bond donors (Lipinski definition) is 15. The van der Waals surface area contributed by atoms with Gasteiger partial charge in [0.1, 0.15) is 72.8 Å². The molecule has 0 aromatic heterocycles. The Bertz CT molecular complexity index is 2890. The van der Waals surface area contributed by atoms with E-state index in [1.165, 1.54) is 13.8 Å². The monoisotopic (exact) mass is 1340 g/mol. The van der Waals surface area contributed by atoms with Crippen LogP contribution in [0.1, 0.15) is 217 Å². The topological polar surface area (TPSA) is 481 Å². The van der Waals surface area contributed by atoms with Gasteiger partial charge in [0, 0.05) is 7.11 Å². The summed E-state index contributed by atoms with van der Waals surface area (Å²) in [6.45, 7) is 23.5. The van der Waals surface area contributed by atoms with Crippen LogP contribution in [0, 0.1) is 5.41 Å². The minimum Gasteiger partial charge on any atom is -0.479 e. The van der Waals surface area contributed by atoms with Crippen molar-refractivity contribution in [2.45, 2.75) is 353 Å². The van der Waals surface area contributed by atoms with Crippen LogP contribution in [0.2, 0.25) is 0 Å². The van der Waals surface area contributed by atoms with E-state index in [0.29, 0.717) is 13.8 Å². The largest absolute Gasteiger partial charge is 0.479 e. The molecule has 0 aliphatic carbocycles. The normalized spacial score (nSPS) is 54.4. The van der Waals surface area contributed by atoms with Crippen molar-refractivity contribution in [2.75, 3.05) is 7.11 Å². The first-order valence-corrected chi connectivity index (χ1v) is 27.9. The Hall–Kier alpha value is -3.45. The van der Waals surface area contributed by atoms with Gasteiger partial charge in [-0.1, -0.05) is 51.0 Å². The average molecular weight is 1340 g/mol. The van der Waals surface area contributed by atoms with Crippen LogP contribution in [0.5, 0.6) is 0 Å². The van der Waals surface area contributed by atoms with Gasteiger partial charge in [-0.3, -0.25) is 0 Å². The summed E-state index contributed by atoms with van der Waals surface area (Å²) in [4.78, 5) is 69.1. The van der Waals surface area contributed by atoms with Gasteiger partial charge in [-0.15, -0.1) is 0 Å². The van der Waals surface area contributed by atoms with Crippen LogP contribution in [0.25, 0.3) is 0 Å². The highest BCUT2D eigenvalue weighted by Gasteiger charge is 2.90. The third-order valence-electron chi connectivity index (χ3n) is 24.6. The molecule has 30 heteroatoms. The number of rotatable bonds is 14. The van der Waals surface area contributed by atoms with Gasteiger partial charge in [-0.25, -0.2) is 24.0 Å². The number of aliphatic carboxylic acids is 5. The fraction of sp³-hybridized carbons (Fsp3) is 0.919. The Morgan fingerprint density at radius 1 is 0.272 bits per heavy atom. The SMILES string of the molecule is C.C.C.C.C.CO[C@]1(C)C(C)(C(=O)O)O[C@@](C)(O[C@@]2(C)C(C)(O)C(C)(O)[C@](C)(O[C@]3(C(=O)O)C(C)(O)O[C@@](C)(O[C@@]4(C)C(C)(O)C(C)(O)[C@](C)(O[C@]5(C)C(C)(C(=O)O)OC(C)(C)C(C)(O)[C@]5(C)O)O[C@@]4(C)C(=O)O)C(C)(C)[C@@]3(C)O)O[C@@]2(C)C(=O)O)C(C)(O)[C@]1(C)O. The van der Waals surface area contributed by atoms with Crippen LogP contribution in [0.3, 0.4) is 0 Å². The van der Waals surface area contributed by atoms with Crippen LogP contribution in [-0.2, 0) is 71.3 Å². The number of carboxylic acid groups (broad SMARTS) is 5. The molecule has 0 aromatic rings. The summed E-state index contributed by atoms with van der Waals surface area (Å²) >= 11 is 0. The molecule has 0 bridgehead atoms. The predicted molar refractivity (Wildman–Crippen MR) is 326 cm³/mol. The second-order valence-corrected chi connectivity index (χ2v) is 29.1. The molecule has 5 heterocycles. The molecule has 5 aliphatic heterocycles. The number of methoxy groups -OCH3 is 1. The lowest BCUT2D eigenvalue weighted by Crippen LogP contribution is -2.93. The van der Waals surface area contributed by atoms with Crippen LogP contribution in [0.15, 0.2) is 0 Å². The standard InChI is InChI=1S/C57H96O30.5CH4/c1-33(2)39(9,68)57(32(66)67,87-56(26)47(17,76)44(14,73)51(21,38(8,82-56)31(64)65)85-54(24)45(15,74)42(12,71)48(18,78-27)35(5,80-54)28(58)59)52(22,77)86-53(33,23)83-50(20)37(7,30(62)63)81-55(25,46(16,75)43(50,13)72)84-49(19)36(6,29(60)61)79-34(3,4)40(10,69)41(49,11)70;;;;;/h68-77H,1-27H3,(H,58,59)(H,60,61)(H,62,63)(H,64,65)(H,66,67);5*1H4/t35?,36?,37-,38-,39+,40?,41-,42-,43?,44?,45?,46?,47?,48+,49+,50+,51+,52?,53+,54-,55-,56-,57-;;;;;/m0...../s1. The molecule has 0 amide bonds. The molecule has 15 N–H and O–H groups in total. The van der Waals surface area contributed by atoms with Crippen molar-refractivity contribution < 1.29 is 148 Å². The highest BCUT2D eigenvalue weighted by atomic mass is 16.8. The van der Waals surface area contributed by atoms with E-state index >= 15 is 0 Å². The molecule has 92 heavy (non-hydrogen) atoms. The molecule has 5 aliphatic rings. The second kappa shape index (κ2) is 22.3. The lowest BCUT2D eigenvalue weighted by Gasteiger charge is -2.73. The first-order chi connectivity index (χ1) is 37.6. The van der Waals surface area contributed by atoms with E-state index in [0.717, 1.165) is 159 Å². The van der Waals surface area contributed by atoms with Gasteiger partial charge >= 0.3 is 29.8 Å². The molecule has 23 atom stereocenters. The Labute approximate surface area is 541 Å². The zero-order chi connectivity index (χ0) is 69.5. The summed E-state index contributed by atoms with van der Waals surface area (Å²) in [5.41, 5.74) is -59.2. The average Bonchev–Trinajstić information content (AvgIpc) is 0.670. The number of aliphatic hydroxyl groups is 10. The van der Waals surface area contributed by atoms with E-state index in [-0.39, 0.29) is 37.1 Å². The minimum absolute atomic E-state index is 0. The number of hydrogen-bond acceptors (Lipinski definition) is 25. The summed E-state index contributed by atoms with van der Waals surface area (Å²) in [6, 6.07) is 0. The molecular weight excluding hydrogens is 1220 g/mol. The van der Waals surface area contributed by atoms with Crippen molar-refractivity contribution in [3.8, 4) is 0 Å². The first kappa shape index (κ1) is 88.5. The highest BCUT2D eigenvalue weighted by molar-refractivity contribution is 5.83. The number of carbonyl (C=O) groups is 5. The van der Waals surface area contributed by atoms with Gasteiger partial charge in [0.05, 0.1) is 11.0 Å². The molecule has 0 saturated carbocycles. The Morgan fingerprint density at radius 2 is 0.500 bits per heavy atom.